The van der Waals surface area contributed by atoms with Gasteiger partial charge in [0, 0.05) is 30.7 Å². The number of sulfone groups is 1. The predicted octanol–water partition coefficient (Wildman–Crippen LogP) is 3.23. The van der Waals surface area contributed by atoms with Crippen LogP contribution in [0.5, 0.6) is 0 Å². The quantitative estimate of drug-likeness (QED) is 0.465. The third-order valence-electron chi connectivity index (χ3n) is 5.59. The van der Waals surface area contributed by atoms with E-state index in [9.17, 15) is 22.8 Å². The molecular formula is C23H27ClN2O5S2. The molecular weight excluding hydrogens is 484 g/mol. The highest BCUT2D eigenvalue weighted by molar-refractivity contribution is 7.90. The van der Waals surface area contributed by atoms with Crippen molar-refractivity contribution in [3.8, 4) is 0 Å². The van der Waals surface area contributed by atoms with Crippen LogP contribution in [0.2, 0.25) is 4.34 Å². The summed E-state index contributed by atoms with van der Waals surface area (Å²) in [6.07, 6.45) is 6.60. The van der Waals surface area contributed by atoms with Gasteiger partial charge in [0.15, 0.2) is 5.78 Å². The molecule has 0 radical (unpaired) electrons. The van der Waals surface area contributed by atoms with Gasteiger partial charge in [-0.15, -0.1) is 11.3 Å². The molecule has 7 nitrogen and oxygen atoms in total. The second-order valence-corrected chi connectivity index (χ2v) is 12.5. The number of hydrogen-bond acceptors (Lipinski definition) is 7. The van der Waals surface area contributed by atoms with Gasteiger partial charge in [0.25, 0.3) is 0 Å². The number of thiazole rings is 1. The highest BCUT2D eigenvalue weighted by Crippen LogP contribution is 2.30. The standard InChI is InChI=1S/C23H27ClN2O5S2/c1-33(30,31)9-8-25-21(28)11-15-6-7-17(12-18(27)13-22-26-14-20(24)32-22)19(10-15)23(29)16-4-2-3-5-16/h6-7,10,14,16H,2-5,8-9,11-13H2,1H3,(H,25,28). The van der Waals surface area contributed by atoms with E-state index in [0.717, 1.165) is 31.9 Å². The maximum Gasteiger partial charge on any atom is 0.224 e. The number of nitrogens with one attached hydrogen (secondary N) is 1. The Hall–Kier alpha value is -2.10. The van der Waals surface area contributed by atoms with Gasteiger partial charge < -0.3 is 5.32 Å². The van der Waals surface area contributed by atoms with Gasteiger partial charge in [-0.2, -0.15) is 0 Å². The number of carbonyl (C=O) groups excluding carboxylic acids is 3. The molecule has 1 saturated carbocycles. The van der Waals surface area contributed by atoms with E-state index in [2.05, 4.69) is 10.3 Å². The fraction of sp³-hybridized carbons (Fsp3) is 0.478. The fourth-order valence-electron chi connectivity index (χ4n) is 3.96. The number of hydrogen-bond donors (Lipinski definition) is 1. The second kappa shape index (κ2) is 11.4. The van der Waals surface area contributed by atoms with Crippen molar-refractivity contribution in [2.24, 2.45) is 5.92 Å². The van der Waals surface area contributed by atoms with Gasteiger partial charge >= 0.3 is 0 Å². The first-order valence-corrected chi connectivity index (χ1v) is 14.1. The topological polar surface area (TPSA) is 110 Å². The van der Waals surface area contributed by atoms with Gasteiger partial charge in [0.2, 0.25) is 5.91 Å². The molecule has 1 fully saturated rings. The van der Waals surface area contributed by atoms with Gasteiger partial charge in [-0.3, -0.25) is 14.4 Å². The first kappa shape index (κ1) is 25.5. The van der Waals surface area contributed by atoms with Crippen molar-refractivity contribution in [3.05, 3.63) is 50.4 Å². The Morgan fingerprint density at radius 3 is 2.52 bits per heavy atom. The SMILES string of the molecule is CS(=O)(=O)CCNC(=O)Cc1ccc(CC(=O)Cc2ncc(Cl)s2)c(C(=O)C2CCCC2)c1. The number of rotatable bonds is 11. The minimum absolute atomic E-state index is 0.0203. The number of ketones is 2. The number of nitrogens with zero attached hydrogens (tertiary/aromatic N) is 1. The monoisotopic (exact) mass is 510 g/mol. The Bertz CT molecular complexity index is 1140. The zero-order valence-corrected chi connectivity index (χ0v) is 20.8. The van der Waals surface area contributed by atoms with Crippen molar-refractivity contribution in [2.45, 2.75) is 44.9 Å². The van der Waals surface area contributed by atoms with Gasteiger partial charge in [-0.25, -0.2) is 13.4 Å². The van der Waals surface area contributed by atoms with Crippen LogP contribution >= 0.6 is 22.9 Å². The molecule has 0 bridgehead atoms. The molecule has 1 aromatic heterocycles. The van der Waals surface area contributed by atoms with Crippen LogP contribution in [0, 0.1) is 5.92 Å². The van der Waals surface area contributed by atoms with Crippen LogP contribution in [-0.4, -0.2) is 49.4 Å². The molecule has 1 amide bonds. The van der Waals surface area contributed by atoms with E-state index in [-0.39, 0.29) is 55.0 Å². The lowest BCUT2D eigenvalue weighted by Crippen LogP contribution is -2.30. The minimum Gasteiger partial charge on any atom is -0.355 e. The number of halogens is 1. The first-order chi connectivity index (χ1) is 15.6. The van der Waals surface area contributed by atoms with Gasteiger partial charge in [0.05, 0.1) is 24.8 Å². The first-order valence-electron chi connectivity index (χ1n) is 10.8. The summed E-state index contributed by atoms with van der Waals surface area (Å²) in [4.78, 5) is 42.2. The van der Waals surface area contributed by atoms with Crippen molar-refractivity contribution in [1.82, 2.24) is 10.3 Å². The number of carbonyl (C=O) groups is 3. The molecule has 3 rings (SSSR count). The average molecular weight is 511 g/mol. The highest BCUT2D eigenvalue weighted by atomic mass is 35.5. The van der Waals surface area contributed by atoms with Crippen LogP contribution in [0.25, 0.3) is 0 Å². The predicted molar refractivity (Wildman–Crippen MR) is 129 cm³/mol. The third kappa shape index (κ3) is 8.01. The molecule has 1 aromatic carbocycles. The Morgan fingerprint density at radius 1 is 1.15 bits per heavy atom. The summed E-state index contributed by atoms with van der Waals surface area (Å²) in [5, 5.41) is 3.23. The van der Waals surface area contributed by atoms with Crippen molar-refractivity contribution < 1.29 is 22.8 Å². The van der Waals surface area contributed by atoms with Crippen LogP contribution in [0.3, 0.4) is 0 Å². The molecule has 0 saturated heterocycles. The van der Waals surface area contributed by atoms with E-state index < -0.39 is 9.84 Å². The minimum atomic E-state index is -3.16. The summed E-state index contributed by atoms with van der Waals surface area (Å²) in [6, 6.07) is 5.19. The van der Waals surface area contributed by atoms with Crippen molar-refractivity contribution in [2.75, 3.05) is 18.6 Å². The van der Waals surface area contributed by atoms with Crippen molar-refractivity contribution in [3.63, 3.8) is 0 Å². The normalized spacial score (nSPS) is 14.4. The van der Waals surface area contributed by atoms with E-state index in [4.69, 9.17) is 11.6 Å². The Kier molecular flexibility index (Phi) is 8.78. The summed E-state index contributed by atoms with van der Waals surface area (Å²) in [7, 11) is -3.16. The Balaban J connectivity index is 1.73. The highest BCUT2D eigenvalue weighted by Gasteiger charge is 2.26. The summed E-state index contributed by atoms with van der Waals surface area (Å²) < 4.78 is 23.0. The van der Waals surface area contributed by atoms with Gasteiger partial charge in [0.1, 0.15) is 25.0 Å². The number of Topliss-reactive ketones (excluding diaryl/α,β-unsaturated/α-hetero) is 2. The largest absolute Gasteiger partial charge is 0.355 e. The molecule has 1 aliphatic rings. The number of amides is 1. The number of aromatic nitrogens is 1. The average Bonchev–Trinajstić information content (AvgIpc) is 3.39. The zero-order valence-electron chi connectivity index (χ0n) is 18.4. The molecule has 1 heterocycles. The number of benzene rings is 1. The summed E-state index contributed by atoms with van der Waals surface area (Å²) in [5.74, 6) is -0.548. The van der Waals surface area contributed by atoms with Gasteiger partial charge in [-0.05, 0) is 30.0 Å². The van der Waals surface area contributed by atoms with Crippen LogP contribution in [0.4, 0.5) is 0 Å². The summed E-state index contributed by atoms with van der Waals surface area (Å²) in [5.41, 5.74) is 1.80. The second-order valence-electron chi connectivity index (χ2n) is 8.44. The molecule has 0 spiro atoms. The maximum atomic E-state index is 13.2. The van der Waals surface area contributed by atoms with E-state index in [1.807, 2.05) is 0 Å². The summed E-state index contributed by atoms with van der Waals surface area (Å²) in [6.45, 7) is 0.0406. The third-order valence-corrected chi connectivity index (χ3v) is 7.65. The smallest absolute Gasteiger partial charge is 0.224 e. The summed E-state index contributed by atoms with van der Waals surface area (Å²) >= 11 is 7.15. The van der Waals surface area contributed by atoms with E-state index in [1.165, 1.54) is 17.5 Å². The molecule has 178 valence electrons. The van der Waals surface area contributed by atoms with Crippen LogP contribution < -0.4 is 5.32 Å². The maximum absolute atomic E-state index is 13.2. The Morgan fingerprint density at radius 2 is 1.88 bits per heavy atom. The van der Waals surface area contributed by atoms with E-state index in [1.54, 1.807) is 18.2 Å². The molecule has 0 unspecified atom stereocenters. The molecule has 0 atom stereocenters. The molecule has 2 aromatic rings. The zero-order chi connectivity index (χ0) is 24.0. The lowest BCUT2D eigenvalue weighted by molar-refractivity contribution is -0.120. The van der Waals surface area contributed by atoms with Crippen molar-refractivity contribution in [1.29, 1.82) is 0 Å². The van der Waals surface area contributed by atoms with E-state index in [0.29, 0.717) is 26.0 Å². The lowest BCUT2D eigenvalue weighted by atomic mass is 9.89. The van der Waals surface area contributed by atoms with Crippen LogP contribution in [0.1, 0.15) is 52.2 Å². The fourth-order valence-corrected chi connectivity index (χ4v) is 5.42. The molecule has 33 heavy (non-hydrogen) atoms. The molecule has 1 aliphatic carbocycles. The van der Waals surface area contributed by atoms with Gasteiger partial charge in [-0.1, -0.05) is 36.6 Å². The lowest BCUT2D eigenvalue weighted by Gasteiger charge is -2.14. The Labute approximate surface area is 202 Å². The molecule has 10 heteroatoms. The van der Waals surface area contributed by atoms with Crippen molar-refractivity contribution >= 4 is 50.2 Å². The van der Waals surface area contributed by atoms with Crippen LogP contribution in [0.15, 0.2) is 24.4 Å². The van der Waals surface area contributed by atoms with Crippen LogP contribution in [-0.2, 0) is 38.7 Å². The molecule has 0 aliphatic heterocycles. The van der Waals surface area contributed by atoms with E-state index >= 15 is 0 Å². The molecule has 1 N–H and O–H groups in total.